The Morgan fingerprint density at radius 1 is 1.17 bits per heavy atom. The maximum Gasteiger partial charge on any atom is 0.319 e. The van der Waals surface area contributed by atoms with Crippen LogP contribution in [0.4, 0.5) is 16.3 Å². The van der Waals surface area contributed by atoms with Gasteiger partial charge in [-0.25, -0.2) is 9.78 Å². The van der Waals surface area contributed by atoms with Crippen LogP contribution in [0.25, 0.3) is 0 Å². The van der Waals surface area contributed by atoms with Gasteiger partial charge in [0.05, 0.1) is 11.7 Å². The van der Waals surface area contributed by atoms with E-state index >= 15 is 0 Å². The number of anilines is 2. The van der Waals surface area contributed by atoms with E-state index in [0.717, 1.165) is 30.2 Å². The van der Waals surface area contributed by atoms with Gasteiger partial charge in [0.2, 0.25) is 0 Å². The maximum atomic E-state index is 12.3. The van der Waals surface area contributed by atoms with Gasteiger partial charge in [-0.2, -0.15) is 0 Å². The summed E-state index contributed by atoms with van der Waals surface area (Å²) in [6, 6.07) is 7.18. The van der Waals surface area contributed by atoms with Gasteiger partial charge in [-0.1, -0.05) is 0 Å². The summed E-state index contributed by atoms with van der Waals surface area (Å²) in [6.45, 7) is 3.92. The Kier molecular flexibility index (Phi) is 4.71. The highest BCUT2D eigenvalue weighted by Gasteiger charge is 2.18. The third kappa shape index (κ3) is 3.77. The fourth-order valence-electron chi connectivity index (χ4n) is 2.77. The Labute approximate surface area is 135 Å². The first-order valence-corrected chi connectivity index (χ1v) is 7.91. The van der Waals surface area contributed by atoms with Crippen LogP contribution in [0.1, 0.15) is 31.4 Å². The summed E-state index contributed by atoms with van der Waals surface area (Å²) < 4.78 is 0. The highest BCUT2D eigenvalue weighted by Crippen LogP contribution is 2.26. The molecule has 23 heavy (non-hydrogen) atoms. The molecule has 0 unspecified atom stereocenters. The molecule has 2 aromatic rings. The molecule has 6 heteroatoms. The van der Waals surface area contributed by atoms with Gasteiger partial charge in [0.25, 0.3) is 0 Å². The lowest BCUT2D eigenvalue weighted by Gasteiger charge is -2.21. The Morgan fingerprint density at radius 2 is 1.91 bits per heavy atom. The lowest BCUT2D eigenvalue weighted by atomic mass is 10.1. The quantitative estimate of drug-likeness (QED) is 0.911. The van der Waals surface area contributed by atoms with E-state index in [1.165, 1.54) is 12.8 Å². The van der Waals surface area contributed by atoms with E-state index < -0.39 is 0 Å². The van der Waals surface area contributed by atoms with Crippen LogP contribution in [0.2, 0.25) is 0 Å². The second-order valence-electron chi connectivity index (χ2n) is 5.67. The summed E-state index contributed by atoms with van der Waals surface area (Å²) in [4.78, 5) is 22.9. The zero-order chi connectivity index (χ0) is 16.1. The standard InChI is InChI=1S/C17H21N5O/c1-13(14-6-9-18-10-7-14)20-17(23)21-15-5-4-8-19-16(15)22-11-2-3-12-22/h4-10,13H,2-3,11-12H2,1H3,(H2,20,21,23)/t13-/m0/s1. The Hall–Kier alpha value is -2.63. The van der Waals surface area contributed by atoms with Crippen molar-refractivity contribution in [1.82, 2.24) is 15.3 Å². The van der Waals surface area contributed by atoms with E-state index in [2.05, 4.69) is 25.5 Å². The van der Waals surface area contributed by atoms with Crippen LogP contribution in [-0.4, -0.2) is 29.1 Å². The molecule has 0 saturated carbocycles. The Bertz CT molecular complexity index is 655. The molecule has 3 rings (SSSR count). The second-order valence-corrected chi connectivity index (χ2v) is 5.67. The minimum atomic E-state index is -0.234. The van der Waals surface area contributed by atoms with E-state index in [1.807, 2.05) is 31.2 Å². The monoisotopic (exact) mass is 311 g/mol. The number of aromatic nitrogens is 2. The number of pyridine rings is 2. The molecule has 2 amide bonds. The van der Waals surface area contributed by atoms with Crippen molar-refractivity contribution in [2.24, 2.45) is 0 Å². The first kappa shape index (κ1) is 15.3. The molecule has 1 aliphatic heterocycles. The molecule has 1 aliphatic rings. The molecule has 2 aromatic heterocycles. The molecule has 0 bridgehead atoms. The topological polar surface area (TPSA) is 70.2 Å². The normalized spacial score (nSPS) is 15.3. The molecular formula is C17H21N5O. The number of hydrogen-bond acceptors (Lipinski definition) is 4. The maximum absolute atomic E-state index is 12.3. The molecule has 1 saturated heterocycles. The summed E-state index contributed by atoms with van der Waals surface area (Å²) in [6.07, 6.45) is 7.54. The summed E-state index contributed by atoms with van der Waals surface area (Å²) >= 11 is 0. The van der Waals surface area contributed by atoms with Crippen LogP contribution in [0.3, 0.4) is 0 Å². The van der Waals surface area contributed by atoms with E-state index in [-0.39, 0.29) is 12.1 Å². The van der Waals surface area contributed by atoms with E-state index in [9.17, 15) is 4.79 Å². The van der Waals surface area contributed by atoms with E-state index in [4.69, 9.17) is 0 Å². The smallest absolute Gasteiger partial charge is 0.319 e. The van der Waals surface area contributed by atoms with Crippen molar-refractivity contribution in [1.29, 1.82) is 0 Å². The van der Waals surface area contributed by atoms with Crippen molar-refractivity contribution in [2.75, 3.05) is 23.3 Å². The van der Waals surface area contributed by atoms with Gasteiger partial charge in [0.1, 0.15) is 0 Å². The van der Waals surface area contributed by atoms with Crippen molar-refractivity contribution in [2.45, 2.75) is 25.8 Å². The lowest BCUT2D eigenvalue weighted by Crippen LogP contribution is -2.32. The second kappa shape index (κ2) is 7.09. The molecule has 0 aromatic carbocycles. The van der Waals surface area contributed by atoms with Crippen molar-refractivity contribution < 1.29 is 4.79 Å². The minimum absolute atomic E-state index is 0.0927. The van der Waals surface area contributed by atoms with Crippen LogP contribution in [-0.2, 0) is 0 Å². The number of amides is 2. The fourth-order valence-corrected chi connectivity index (χ4v) is 2.77. The number of nitrogens with one attached hydrogen (secondary N) is 2. The third-order valence-corrected chi connectivity index (χ3v) is 3.99. The van der Waals surface area contributed by atoms with Crippen molar-refractivity contribution >= 4 is 17.5 Å². The molecular weight excluding hydrogens is 290 g/mol. The highest BCUT2D eigenvalue weighted by atomic mass is 16.2. The number of rotatable bonds is 4. The molecule has 6 nitrogen and oxygen atoms in total. The predicted octanol–water partition coefficient (Wildman–Crippen LogP) is 2.96. The van der Waals surface area contributed by atoms with Gasteiger partial charge in [-0.05, 0) is 49.6 Å². The number of nitrogens with zero attached hydrogens (tertiary/aromatic N) is 3. The molecule has 1 fully saturated rings. The zero-order valence-electron chi connectivity index (χ0n) is 13.2. The average Bonchev–Trinajstić information content (AvgIpc) is 3.10. The molecule has 3 heterocycles. The van der Waals surface area contributed by atoms with Gasteiger partial charge in [0.15, 0.2) is 5.82 Å². The first-order valence-electron chi connectivity index (χ1n) is 7.91. The average molecular weight is 311 g/mol. The van der Waals surface area contributed by atoms with Gasteiger partial charge >= 0.3 is 6.03 Å². The van der Waals surface area contributed by atoms with Gasteiger partial charge < -0.3 is 15.5 Å². The summed E-state index contributed by atoms with van der Waals surface area (Å²) in [5.74, 6) is 0.844. The number of carbonyl (C=O) groups is 1. The molecule has 0 spiro atoms. The molecule has 0 aliphatic carbocycles. The van der Waals surface area contributed by atoms with Crippen LogP contribution in [0.15, 0.2) is 42.9 Å². The minimum Gasteiger partial charge on any atom is -0.355 e. The van der Waals surface area contributed by atoms with E-state index in [0.29, 0.717) is 0 Å². The van der Waals surface area contributed by atoms with Crippen LogP contribution >= 0.6 is 0 Å². The summed E-state index contributed by atoms with van der Waals surface area (Å²) in [7, 11) is 0. The van der Waals surface area contributed by atoms with Crippen molar-refractivity contribution in [3.05, 3.63) is 48.4 Å². The van der Waals surface area contributed by atoms with E-state index in [1.54, 1.807) is 18.6 Å². The lowest BCUT2D eigenvalue weighted by molar-refractivity contribution is 0.249. The Morgan fingerprint density at radius 3 is 2.65 bits per heavy atom. The predicted molar refractivity (Wildman–Crippen MR) is 90.5 cm³/mol. The summed E-state index contributed by atoms with van der Waals surface area (Å²) in [5.41, 5.74) is 1.76. The molecule has 0 radical (unpaired) electrons. The first-order chi connectivity index (χ1) is 11.2. The molecule has 1 atom stereocenters. The molecule has 120 valence electrons. The largest absolute Gasteiger partial charge is 0.355 e. The fraction of sp³-hybridized carbons (Fsp3) is 0.353. The molecule has 2 N–H and O–H groups in total. The van der Waals surface area contributed by atoms with Crippen LogP contribution in [0, 0.1) is 0 Å². The van der Waals surface area contributed by atoms with Gasteiger partial charge in [-0.3, -0.25) is 4.98 Å². The van der Waals surface area contributed by atoms with Gasteiger partial charge in [0, 0.05) is 31.7 Å². The zero-order valence-corrected chi connectivity index (χ0v) is 13.2. The van der Waals surface area contributed by atoms with Gasteiger partial charge in [-0.15, -0.1) is 0 Å². The third-order valence-electron chi connectivity index (χ3n) is 3.99. The Balaban J connectivity index is 1.66. The van der Waals surface area contributed by atoms with Crippen LogP contribution in [0.5, 0.6) is 0 Å². The summed E-state index contributed by atoms with van der Waals surface area (Å²) in [5, 5.41) is 5.86. The number of urea groups is 1. The number of carbonyl (C=O) groups excluding carboxylic acids is 1. The number of hydrogen-bond donors (Lipinski definition) is 2. The SMILES string of the molecule is C[C@H](NC(=O)Nc1cccnc1N1CCCC1)c1ccncc1. The highest BCUT2D eigenvalue weighted by molar-refractivity contribution is 5.92. The van der Waals surface area contributed by atoms with Crippen molar-refractivity contribution in [3.8, 4) is 0 Å². The van der Waals surface area contributed by atoms with Crippen LogP contribution < -0.4 is 15.5 Å². The van der Waals surface area contributed by atoms with Crippen molar-refractivity contribution in [3.63, 3.8) is 0 Å².